The Bertz CT molecular complexity index is 1200. The first-order valence-electron chi connectivity index (χ1n) is 10.3. The van der Waals surface area contributed by atoms with Crippen LogP contribution in [-0.4, -0.2) is 35.3 Å². The maximum atomic E-state index is 12.0. The van der Waals surface area contributed by atoms with Crippen LogP contribution in [0.25, 0.3) is 0 Å². The molecule has 0 fully saturated rings. The molecule has 0 atom stereocenters. The summed E-state index contributed by atoms with van der Waals surface area (Å²) in [6.07, 6.45) is 1.49. The Morgan fingerprint density at radius 1 is 1.06 bits per heavy atom. The number of ether oxygens (including phenoxy) is 1. The maximum Gasteiger partial charge on any atom is 0.269 e. The first kappa shape index (κ1) is 25.7. The standard InChI is InChI=1S/C24H21ClN4O5S/c25-19-2-1-3-20(12-19)27-23(30)14-34-22-10-6-17(7-11-22)13-26-28-24(31)16-35-15-18-4-8-21(9-5-18)29(32)33/h1-13H,14-16H2,(H,27,30)(H,28,31)/b26-13-. The second kappa shape index (κ2) is 13.1. The number of nitro benzene ring substituents is 1. The number of rotatable bonds is 11. The predicted octanol–water partition coefficient (Wildman–Crippen LogP) is 4.65. The fourth-order valence-corrected chi connectivity index (χ4v) is 3.72. The van der Waals surface area contributed by atoms with Crippen molar-refractivity contribution < 1.29 is 19.2 Å². The van der Waals surface area contributed by atoms with Gasteiger partial charge in [0, 0.05) is 28.6 Å². The molecule has 3 rings (SSSR count). The van der Waals surface area contributed by atoms with E-state index in [0.29, 0.717) is 22.2 Å². The molecule has 2 amide bonds. The van der Waals surface area contributed by atoms with Crippen molar-refractivity contribution in [1.29, 1.82) is 0 Å². The number of amides is 2. The summed E-state index contributed by atoms with van der Waals surface area (Å²) in [5.74, 6) is 0.674. The minimum Gasteiger partial charge on any atom is -0.484 e. The predicted molar refractivity (Wildman–Crippen MR) is 137 cm³/mol. The van der Waals surface area contributed by atoms with Crippen molar-refractivity contribution in [2.45, 2.75) is 5.75 Å². The van der Waals surface area contributed by atoms with Gasteiger partial charge >= 0.3 is 0 Å². The number of hydrogen-bond donors (Lipinski definition) is 2. The minimum absolute atomic E-state index is 0.0322. The van der Waals surface area contributed by atoms with Crippen LogP contribution in [0.4, 0.5) is 11.4 Å². The van der Waals surface area contributed by atoms with E-state index < -0.39 is 4.92 Å². The molecule has 2 N–H and O–H groups in total. The van der Waals surface area contributed by atoms with Gasteiger partial charge in [-0.3, -0.25) is 19.7 Å². The van der Waals surface area contributed by atoms with E-state index in [1.165, 1.54) is 30.1 Å². The van der Waals surface area contributed by atoms with Crippen LogP contribution in [0, 0.1) is 10.1 Å². The van der Waals surface area contributed by atoms with Crippen LogP contribution < -0.4 is 15.5 Å². The molecule has 11 heteroatoms. The molecule has 180 valence electrons. The molecule has 3 aromatic carbocycles. The van der Waals surface area contributed by atoms with E-state index in [9.17, 15) is 19.7 Å². The molecule has 0 radical (unpaired) electrons. The van der Waals surface area contributed by atoms with Gasteiger partial charge in [0.1, 0.15) is 5.75 Å². The fourth-order valence-electron chi connectivity index (χ4n) is 2.75. The number of benzene rings is 3. The van der Waals surface area contributed by atoms with E-state index in [4.69, 9.17) is 16.3 Å². The molecule has 0 spiro atoms. The van der Waals surface area contributed by atoms with Crippen molar-refractivity contribution in [3.63, 3.8) is 0 Å². The number of hydrazone groups is 1. The normalized spacial score (nSPS) is 10.7. The number of non-ortho nitro benzene ring substituents is 1. The van der Waals surface area contributed by atoms with Gasteiger partial charge in [-0.25, -0.2) is 5.43 Å². The Morgan fingerprint density at radius 3 is 2.49 bits per heavy atom. The van der Waals surface area contributed by atoms with Gasteiger partial charge < -0.3 is 10.1 Å². The zero-order chi connectivity index (χ0) is 25.0. The van der Waals surface area contributed by atoms with Crippen molar-refractivity contribution in [3.05, 3.63) is 99.1 Å². The second-order valence-electron chi connectivity index (χ2n) is 7.13. The first-order valence-corrected chi connectivity index (χ1v) is 11.8. The number of halogens is 1. The van der Waals surface area contributed by atoms with E-state index in [1.807, 2.05) is 0 Å². The third-order valence-corrected chi connectivity index (χ3v) is 5.65. The van der Waals surface area contributed by atoms with Crippen LogP contribution in [0.15, 0.2) is 77.9 Å². The van der Waals surface area contributed by atoms with Crippen molar-refractivity contribution >= 4 is 52.8 Å². The highest BCUT2D eigenvalue weighted by molar-refractivity contribution is 7.99. The molecule has 0 bridgehead atoms. The molecule has 0 saturated heterocycles. The van der Waals surface area contributed by atoms with Crippen LogP contribution in [-0.2, 0) is 15.3 Å². The molecular weight excluding hydrogens is 492 g/mol. The van der Waals surface area contributed by atoms with Crippen LogP contribution in [0.2, 0.25) is 5.02 Å². The summed E-state index contributed by atoms with van der Waals surface area (Å²) in [5.41, 5.74) is 4.70. The number of nitrogens with one attached hydrogen (secondary N) is 2. The molecule has 0 aliphatic rings. The number of carbonyl (C=O) groups is 2. The fraction of sp³-hybridized carbons (Fsp3) is 0.125. The second-order valence-corrected chi connectivity index (χ2v) is 8.55. The lowest BCUT2D eigenvalue weighted by atomic mass is 10.2. The quantitative estimate of drug-likeness (QED) is 0.219. The van der Waals surface area contributed by atoms with Crippen LogP contribution in [0.3, 0.4) is 0 Å². The van der Waals surface area contributed by atoms with Crippen molar-refractivity contribution in [2.75, 3.05) is 17.7 Å². The Hall–Kier alpha value is -3.89. The molecule has 35 heavy (non-hydrogen) atoms. The molecular formula is C24H21ClN4O5S. The lowest BCUT2D eigenvalue weighted by Gasteiger charge is -2.08. The summed E-state index contributed by atoms with van der Waals surface area (Å²) in [5, 5.41) is 17.8. The van der Waals surface area contributed by atoms with E-state index in [2.05, 4.69) is 15.8 Å². The van der Waals surface area contributed by atoms with Crippen molar-refractivity contribution in [3.8, 4) is 5.75 Å². The Balaban J connectivity index is 1.35. The van der Waals surface area contributed by atoms with Gasteiger partial charge in [0.05, 0.1) is 16.9 Å². The summed E-state index contributed by atoms with van der Waals surface area (Å²) in [6.45, 7) is -0.159. The van der Waals surface area contributed by atoms with Crippen LogP contribution >= 0.6 is 23.4 Å². The SMILES string of the molecule is O=C(CSCc1ccc([N+](=O)[O-])cc1)N/N=C\c1ccc(OCC(=O)Nc2cccc(Cl)c2)cc1. The molecule has 0 saturated carbocycles. The first-order chi connectivity index (χ1) is 16.9. The van der Waals surface area contributed by atoms with Gasteiger partial charge in [0.15, 0.2) is 6.61 Å². The molecule has 9 nitrogen and oxygen atoms in total. The zero-order valence-electron chi connectivity index (χ0n) is 18.3. The smallest absolute Gasteiger partial charge is 0.269 e. The van der Waals surface area contributed by atoms with Crippen LogP contribution in [0.1, 0.15) is 11.1 Å². The third-order valence-electron chi connectivity index (χ3n) is 4.41. The Labute approximate surface area is 210 Å². The summed E-state index contributed by atoms with van der Waals surface area (Å²) in [6, 6.07) is 19.9. The van der Waals surface area contributed by atoms with Crippen molar-refractivity contribution in [1.82, 2.24) is 5.43 Å². The monoisotopic (exact) mass is 512 g/mol. The largest absolute Gasteiger partial charge is 0.484 e. The topological polar surface area (TPSA) is 123 Å². The van der Waals surface area contributed by atoms with E-state index >= 15 is 0 Å². The maximum absolute atomic E-state index is 12.0. The van der Waals surface area contributed by atoms with E-state index in [-0.39, 0.29) is 29.9 Å². The van der Waals surface area contributed by atoms with Gasteiger partial charge in [-0.1, -0.05) is 29.8 Å². The summed E-state index contributed by atoms with van der Waals surface area (Å²) in [4.78, 5) is 34.1. The molecule has 0 aliphatic heterocycles. The summed E-state index contributed by atoms with van der Waals surface area (Å²) >= 11 is 7.27. The average Bonchev–Trinajstić information content (AvgIpc) is 2.84. The highest BCUT2D eigenvalue weighted by Crippen LogP contribution is 2.17. The highest BCUT2D eigenvalue weighted by atomic mass is 35.5. The number of carbonyl (C=O) groups excluding carboxylic acids is 2. The zero-order valence-corrected chi connectivity index (χ0v) is 19.9. The van der Waals surface area contributed by atoms with Gasteiger partial charge in [0.2, 0.25) is 5.91 Å². The van der Waals surface area contributed by atoms with Crippen molar-refractivity contribution in [2.24, 2.45) is 5.10 Å². The average molecular weight is 513 g/mol. The highest BCUT2D eigenvalue weighted by Gasteiger charge is 2.06. The summed E-state index contributed by atoms with van der Waals surface area (Å²) in [7, 11) is 0. The summed E-state index contributed by atoms with van der Waals surface area (Å²) < 4.78 is 5.47. The molecule has 0 aliphatic carbocycles. The number of thioether (sulfide) groups is 1. The molecule has 0 aromatic heterocycles. The van der Waals surface area contributed by atoms with Gasteiger partial charge in [-0.05, 0) is 53.6 Å². The van der Waals surface area contributed by atoms with Crippen LogP contribution in [0.5, 0.6) is 5.75 Å². The van der Waals surface area contributed by atoms with Gasteiger partial charge in [-0.2, -0.15) is 5.10 Å². The Morgan fingerprint density at radius 2 is 1.80 bits per heavy atom. The Kier molecular flexibility index (Phi) is 9.64. The number of nitro groups is 1. The lowest BCUT2D eigenvalue weighted by molar-refractivity contribution is -0.384. The number of hydrogen-bond acceptors (Lipinski definition) is 7. The molecule has 0 heterocycles. The van der Waals surface area contributed by atoms with Gasteiger partial charge in [-0.15, -0.1) is 11.8 Å². The number of nitrogens with zero attached hydrogens (tertiary/aromatic N) is 2. The third kappa shape index (κ3) is 9.11. The van der Waals surface area contributed by atoms with Gasteiger partial charge in [0.25, 0.3) is 11.6 Å². The molecule has 0 unspecified atom stereocenters. The molecule has 3 aromatic rings. The lowest BCUT2D eigenvalue weighted by Crippen LogP contribution is -2.20. The van der Waals surface area contributed by atoms with E-state index in [1.54, 1.807) is 60.7 Å². The minimum atomic E-state index is -0.453. The van der Waals surface area contributed by atoms with E-state index in [0.717, 1.165) is 11.1 Å². The number of anilines is 1.